The first-order chi connectivity index (χ1) is 9.40. The van der Waals surface area contributed by atoms with Gasteiger partial charge in [-0.15, -0.1) is 0 Å². The zero-order valence-electron chi connectivity index (χ0n) is 12.3. The molecule has 7 heteroatoms. The average molecular weight is 279 g/mol. The van der Waals surface area contributed by atoms with E-state index in [0.717, 1.165) is 0 Å². The predicted octanol–water partition coefficient (Wildman–Crippen LogP) is 0.802. The Hall–Kier alpha value is -2.18. The molecule has 1 atom stereocenters. The van der Waals surface area contributed by atoms with Crippen LogP contribution in [-0.4, -0.2) is 45.6 Å². The summed E-state index contributed by atoms with van der Waals surface area (Å²) in [6, 6.07) is 1.73. The van der Waals surface area contributed by atoms with E-state index in [0.29, 0.717) is 29.9 Å². The largest absolute Gasteiger partial charge is 0.409 e. The molecule has 3 N–H and O–H groups in total. The van der Waals surface area contributed by atoms with Gasteiger partial charge in [0.05, 0.1) is 17.0 Å². The Kier molecular flexibility index (Phi) is 5.42. The van der Waals surface area contributed by atoms with Gasteiger partial charge in [0.15, 0.2) is 0 Å². The van der Waals surface area contributed by atoms with Crippen LogP contribution >= 0.6 is 0 Å². The third-order valence-electron chi connectivity index (χ3n) is 3.07. The molecule has 1 unspecified atom stereocenters. The lowest BCUT2D eigenvalue weighted by molar-refractivity contribution is 0.0784. The first kappa shape index (κ1) is 15.9. The quantitative estimate of drug-likeness (QED) is 0.359. The molecule has 0 fully saturated rings. The Balaban J connectivity index is 2.92. The van der Waals surface area contributed by atoms with E-state index >= 15 is 0 Å². The van der Waals surface area contributed by atoms with Crippen LogP contribution in [0.2, 0.25) is 0 Å². The van der Waals surface area contributed by atoms with Crippen molar-refractivity contribution >= 4 is 11.7 Å². The Morgan fingerprint density at radius 2 is 2.20 bits per heavy atom. The number of carbonyl (C=O) groups is 1. The highest BCUT2D eigenvalue weighted by Crippen LogP contribution is 2.11. The molecular weight excluding hydrogens is 258 g/mol. The highest BCUT2D eigenvalue weighted by Gasteiger charge is 2.20. The van der Waals surface area contributed by atoms with Crippen molar-refractivity contribution in [3.63, 3.8) is 0 Å². The van der Waals surface area contributed by atoms with Gasteiger partial charge in [-0.1, -0.05) is 19.0 Å². The van der Waals surface area contributed by atoms with Gasteiger partial charge in [-0.3, -0.25) is 4.79 Å². The van der Waals surface area contributed by atoms with E-state index < -0.39 is 0 Å². The number of amides is 1. The zero-order valence-corrected chi connectivity index (χ0v) is 12.3. The van der Waals surface area contributed by atoms with Gasteiger partial charge >= 0.3 is 0 Å². The summed E-state index contributed by atoms with van der Waals surface area (Å²) in [4.78, 5) is 14.0. The van der Waals surface area contributed by atoms with Crippen molar-refractivity contribution in [1.29, 1.82) is 0 Å². The smallest absolute Gasteiger partial charge is 0.255 e. The molecule has 0 aromatic carbocycles. The molecule has 0 saturated carbocycles. The summed E-state index contributed by atoms with van der Waals surface area (Å²) in [5.41, 5.74) is 7.44. The minimum atomic E-state index is -0.227. The van der Waals surface area contributed by atoms with Gasteiger partial charge in [-0.05, 0) is 19.4 Å². The molecule has 0 aliphatic carbocycles. The second-order valence-electron chi connectivity index (χ2n) is 4.81. The summed E-state index contributed by atoms with van der Waals surface area (Å²) in [5, 5.41) is 19.6. The van der Waals surface area contributed by atoms with Gasteiger partial charge in [0.25, 0.3) is 5.91 Å². The van der Waals surface area contributed by atoms with Crippen LogP contribution in [0.25, 0.3) is 0 Å². The molecular formula is C13H21N5O2. The van der Waals surface area contributed by atoms with Crippen molar-refractivity contribution in [2.45, 2.75) is 27.2 Å². The number of carbonyl (C=O) groups excluding carboxylic acids is 1. The molecule has 1 amide bonds. The van der Waals surface area contributed by atoms with E-state index in [-0.39, 0.29) is 17.7 Å². The third kappa shape index (κ3) is 3.66. The van der Waals surface area contributed by atoms with Gasteiger partial charge in [-0.25, -0.2) is 0 Å². The molecule has 1 rings (SSSR count). The van der Waals surface area contributed by atoms with Gasteiger partial charge in [0.1, 0.15) is 5.84 Å². The molecule has 1 aromatic heterocycles. The number of aryl methyl sites for hydroxylation is 2. The van der Waals surface area contributed by atoms with Crippen LogP contribution in [0.15, 0.2) is 11.2 Å². The van der Waals surface area contributed by atoms with Gasteiger partial charge in [0, 0.05) is 19.5 Å². The molecule has 0 aliphatic rings. The fraction of sp³-hybridized carbons (Fsp3) is 0.538. The van der Waals surface area contributed by atoms with Crippen molar-refractivity contribution in [3.05, 3.63) is 23.0 Å². The third-order valence-corrected chi connectivity index (χ3v) is 3.07. The number of rotatable bonds is 5. The van der Waals surface area contributed by atoms with Crippen molar-refractivity contribution in [3.8, 4) is 0 Å². The minimum absolute atomic E-state index is 0.101. The highest BCUT2D eigenvalue weighted by atomic mass is 16.4. The van der Waals surface area contributed by atoms with Crippen molar-refractivity contribution < 1.29 is 10.0 Å². The van der Waals surface area contributed by atoms with Crippen LogP contribution in [0.4, 0.5) is 0 Å². The fourth-order valence-corrected chi connectivity index (χ4v) is 1.85. The number of oxime groups is 1. The molecule has 110 valence electrons. The molecule has 0 aliphatic heterocycles. The van der Waals surface area contributed by atoms with Gasteiger partial charge < -0.3 is 15.8 Å². The van der Waals surface area contributed by atoms with Crippen LogP contribution in [0.3, 0.4) is 0 Å². The lowest BCUT2D eigenvalue weighted by Crippen LogP contribution is -2.36. The number of aromatic nitrogens is 2. The van der Waals surface area contributed by atoms with E-state index in [9.17, 15) is 4.79 Å². The Bertz CT molecular complexity index is 515. The maximum absolute atomic E-state index is 12.4. The van der Waals surface area contributed by atoms with Crippen LogP contribution < -0.4 is 5.73 Å². The van der Waals surface area contributed by atoms with Crippen molar-refractivity contribution in [1.82, 2.24) is 15.1 Å². The first-order valence-corrected chi connectivity index (χ1v) is 6.46. The number of hydrogen-bond acceptors (Lipinski definition) is 5. The van der Waals surface area contributed by atoms with E-state index in [1.807, 2.05) is 6.92 Å². The lowest BCUT2D eigenvalue weighted by atomic mass is 10.1. The SMILES string of the molecule is CCc1nnc(C)cc1C(=O)N(C)CC(C)C(N)=NO. The molecule has 20 heavy (non-hydrogen) atoms. The van der Waals surface area contributed by atoms with Crippen molar-refractivity contribution in [2.75, 3.05) is 13.6 Å². The standard InChI is InChI=1S/C13H21N5O2/c1-5-11-10(6-9(3)15-16-11)13(19)18(4)7-8(2)12(14)17-20/h6,8,20H,5,7H2,1-4H3,(H2,14,17). The summed E-state index contributed by atoms with van der Waals surface area (Å²) in [6.45, 7) is 5.87. The van der Waals surface area contributed by atoms with E-state index in [2.05, 4.69) is 15.4 Å². The molecule has 0 saturated heterocycles. The predicted molar refractivity (Wildman–Crippen MR) is 75.7 cm³/mol. The summed E-state index contributed by atoms with van der Waals surface area (Å²) in [5.74, 6) is -0.267. The second-order valence-corrected chi connectivity index (χ2v) is 4.81. The summed E-state index contributed by atoms with van der Waals surface area (Å²) >= 11 is 0. The normalized spacial score (nSPS) is 13.1. The van der Waals surface area contributed by atoms with Crippen LogP contribution in [0.1, 0.15) is 35.6 Å². The lowest BCUT2D eigenvalue weighted by Gasteiger charge is -2.21. The van der Waals surface area contributed by atoms with E-state index in [1.165, 1.54) is 0 Å². The monoisotopic (exact) mass is 279 g/mol. The molecule has 1 aromatic rings. The molecule has 7 nitrogen and oxygen atoms in total. The Morgan fingerprint density at radius 3 is 2.75 bits per heavy atom. The van der Waals surface area contributed by atoms with Gasteiger partial charge in [-0.2, -0.15) is 10.2 Å². The highest BCUT2D eigenvalue weighted by molar-refractivity contribution is 5.95. The average Bonchev–Trinajstić information content (AvgIpc) is 2.45. The number of nitrogens with zero attached hydrogens (tertiary/aromatic N) is 4. The summed E-state index contributed by atoms with van der Waals surface area (Å²) in [6.07, 6.45) is 0.637. The Morgan fingerprint density at radius 1 is 1.55 bits per heavy atom. The molecule has 0 spiro atoms. The second kappa shape index (κ2) is 6.83. The number of amidine groups is 1. The zero-order chi connectivity index (χ0) is 15.3. The van der Waals surface area contributed by atoms with E-state index in [1.54, 1.807) is 31.9 Å². The molecule has 0 bridgehead atoms. The molecule has 1 heterocycles. The summed E-state index contributed by atoms with van der Waals surface area (Å²) in [7, 11) is 1.68. The topological polar surface area (TPSA) is 105 Å². The summed E-state index contributed by atoms with van der Waals surface area (Å²) < 4.78 is 0. The molecule has 0 radical (unpaired) electrons. The maximum Gasteiger partial charge on any atom is 0.255 e. The van der Waals surface area contributed by atoms with Crippen LogP contribution in [0.5, 0.6) is 0 Å². The first-order valence-electron chi connectivity index (χ1n) is 6.46. The van der Waals surface area contributed by atoms with Gasteiger partial charge in [0.2, 0.25) is 0 Å². The Labute approximate surface area is 118 Å². The van der Waals surface area contributed by atoms with Crippen LogP contribution in [-0.2, 0) is 6.42 Å². The number of hydrogen-bond donors (Lipinski definition) is 2. The maximum atomic E-state index is 12.4. The number of nitrogens with two attached hydrogens (primary N) is 1. The minimum Gasteiger partial charge on any atom is -0.409 e. The van der Waals surface area contributed by atoms with Crippen LogP contribution in [0, 0.1) is 12.8 Å². The van der Waals surface area contributed by atoms with Crippen molar-refractivity contribution in [2.24, 2.45) is 16.8 Å². The van der Waals surface area contributed by atoms with E-state index in [4.69, 9.17) is 10.9 Å². The fourth-order valence-electron chi connectivity index (χ4n) is 1.85.